The van der Waals surface area contributed by atoms with Gasteiger partial charge in [0, 0.05) is 66.0 Å². The SMILES string of the molecule is COCCOc1c2cc(C(C)(C)C)cc1Cc1cc(C(C)(C)C)cc3c1CCOCCC14OC5(CCOCCc6c(cc(C(C)(C)C)cc6Cc6cc(C(C)(C)C)cc(c6OCCOC)C3)C2)C2C3CC(C6C3C5C61)C24. The van der Waals surface area contributed by atoms with Crippen LogP contribution in [0.2, 0.25) is 0 Å². The van der Waals surface area contributed by atoms with Crippen molar-refractivity contribution >= 4 is 0 Å². The van der Waals surface area contributed by atoms with Crippen LogP contribution in [0.3, 0.4) is 0 Å². The normalized spacial score (nSPS) is 30.3. The lowest BCUT2D eigenvalue weighted by molar-refractivity contribution is -0.0957. The molecular weight excluding hydrogens is 941 g/mol. The van der Waals surface area contributed by atoms with E-state index in [1.165, 1.54) is 84.3 Å². The third kappa shape index (κ3) is 8.58. The summed E-state index contributed by atoms with van der Waals surface area (Å²) in [4.78, 5) is 0. The van der Waals surface area contributed by atoms with Crippen LogP contribution >= 0.6 is 0 Å². The number of rotatable bonds is 8. The Hall–Kier alpha value is -3.72. The zero-order chi connectivity index (χ0) is 53.5. The average molecular weight is 1030 g/mol. The summed E-state index contributed by atoms with van der Waals surface area (Å²) in [6, 6.07) is 20.0. The minimum absolute atomic E-state index is 0.00626. The Bertz CT molecular complexity index is 2590. The van der Waals surface area contributed by atoms with Crippen molar-refractivity contribution in [3.63, 3.8) is 0 Å². The molecule has 5 saturated carbocycles. The zero-order valence-electron chi connectivity index (χ0n) is 49.1. The number of fused-ring (bicyclic) bond motifs is 8. The van der Waals surface area contributed by atoms with E-state index in [1.807, 2.05) is 0 Å². The predicted octanol–water partition coefficient (Wildman–Crippen LogP) is 13.4. The summed E-state index contributed by atoms with van der Waals surface area (Å²) in [5.74, 6) is 8.39. The molecule has 4 aromatic rings. The first-order valence-electron chi connectivity index (χ1n) is 29.8. The van der Waals surface area contributed by atoms with E-state index in [2.05, 4.69) is 132 Å². The number of benzene rings is 4. The van der Waals surface area contributed by atoms with Gasteiger partial charge in [-0.15, -0.1) is 0 Å². The van der Waals surface area contributed by atoms with E-state index in [-0.39, 0.29) is 32.9 Å². The molecule has 7 nitrogen and oxygen atoms in total. The molecule has 10 aliphatic rings. The van der Waals surface area contributed by atoms with Gasteiger partial charge in [0.1, 0.15) is 24.7 Å². The van der Waals surface area contributed by atoms with Gasteiger partial charge < -0.3 is 33.2 Å². The maximum Gasteiger partial charge on any atom is 0.126 e. The number of hydrogen-bond donors (Lipinski definition) is 0. The quantitative estimate of drug-likeness (QED) is 0.143. The largest absolute Gasteiger partial charge is 0.491 e. The van der Waals surface area contributed by atoms with E-state index < -0.39 is 0 Å². The average Bonchev–Trinajstić information content (AvgIpc) is 1.76. The van der Waals surface area contributed by atoms with Gasteiger partial charge in [-0.2, -0.15) is 0 Å². The van der Waals surface area contributed by atoms with E-state index in [4.69, 9.17) is 33.2 Å². The molecule has 4 heterocycles. The fraction of sp³-hybridized carbons (Fsp3) is 0.652. The Labute approximate surface area is 457 Å². The van der Waals surface area contributed by atoms with Crippen molar-refractivity contribution < 1.29 is 33.2 Å². The Kier molecular flexibility index (Phi) is 13.2. The maximum absolute atomic E-state index is 7.76. The second-order valence-electron chi connectivity index (χ2n) is 29.2. The highest BCUT2D eigenvalue weighted by atomic mass is 16.6. The van der Waals surface area contributed by atoms with Gasteiger partial charge in [-0.1, -0.05) is 132 Å². The summed E-state index contributed by atoms with van der Waals surface area (Å²) in [6.45, 7) is 33.2. The molecule has 10 atom stereocenters. The molecule has 410 valence electrons. The third-order valence-electron chi connectivity index (χ3n) is 20.8. The van der Waals surface area contributed by atoms with Crippen LogP contribution in [0.4, 0.5) is 0 Å². The zero-order valence-corrected chi connectivity index (χ0v) is 49.1. The van der Waals surface area contributed by atoms with Crippen molar-refractivity contribution in [3.05, 3.63) is 126 Å². The first-order valence-corrected chi connectivity index (χ1v) is 29.8. The molecule has 0 aromatic heterocycles. The van der Waals surface area contributed by atoms with Crippen molar-refractivity contribution in [2.45, 2.75) is 174 Å². The molecule has 7 heteroatoms. The summed E-state index contributed by atoms with van der Waals surface area (Å²) in [5.41, 5.74) is 18.1. The minimum atomic E-state index is -0.0975. The van der Waals surface area contributed by atoms with Crippen molar-refractivity contribution in [1.82, 2.24) is 0 Å². The van der Waals surface area contributed by atoms with Crippen LogP contribution in [0.1, 0.15) is 180 Å². The molecule has 4 aliphatic heterocycles. The highest BCUT2D eigenvalue weighted by molar-refractivity contribution is 5.58. The maximum atomic E-state index is 7.76. The summed E-state index contributed by atoms with van der Waals surface area (Å²) >= 11 is 0. The van der Waals surface area contributed by atoms with Crippen molar-refractivity contribution in [1.29, 1.82) is 0 Å². The van der Waals surface area contributed by atoms with Gasteiger partial charge in [-0.3, -0.25) is 0 Å². The minimum Gasteiger partial charge on any atom is -0.491 e. The molecule has 0 N–H and O–H groups in total. The van der Waals surface area contributed by atoms with Crippen molar-refractivity contribution in [3.8, 4) is 11.5 Å². The highest BCUT2D eigenvalue weighted by Gasteiger charge is 2.96. The molecule has 0 radical (unpaired) electrons. The standard InChI is InChI=1S/C69H92O7/c1-64(2,3)48-31-40-27-44-35-50(66(7,8)9)37-46(62(44)74-25-23-70-13)29-42-33-49(65(4,5)6)34-43-30-47-38-51(67(10,11)12)36-45(63(47)75-26-24-71-14)28-41(32-48)52(40)15-19-72-21-17-68-58-54-39-55-57-56(54)60(68)61(57)69(76-68,59(55)58)18-22-73-20-16-53(42)43/h31-38,54-61H,15-30,39H2,1-14H3. The molecule has 4 aromatic carbocycles. The summed E-state index contributed by atoms with van der Waals surface area (Å²) in [6.07, 6.45) is 8.09. The van der Waals surface area contributed by atoms with Crippen LogP contribution in [0, 0.1) is 47.3 Å². The summed E-state index contributed by atoms with van der Waals surface area (Å²) in [7, 11) is 3.55. The fourth-order valence-electron chi connectivity index (χ4n) is 17.6. The van der Waals surface area contributed by atoms with E-state index in [1.54, 1.807) is 14.2 Å². The molecule has 76 heavy (non-hydrogen) atoms. The van der Waals surface area contributed by atoms with Gasteiger partial charge in [0.15, 0.2) is 0 Å². The fourth-order valence-corrected chi connectivity index (χ4v) is 17.6. The van der Waals surface area contributed by atoms with Gasteiger partial charge in [0.2, 0.25) is 0 Å². The molecule has 14 bridgehead atoms. The second kappa shape index (κ2) is 19.0. The molecule has 10 unspecified atom stereocenters. The number of methoxy groups -OCH3 is 2. The Morgan fingerprint density at radius 3 is 1.04 bits per heavy atom. The van der Waals surface area contributed by atoms with Crippen LogP contribution in [0.15, 0.2) is 48.5 Å². The van der Waals surface area contributed by atoms with Gasteiger partial charge >= 0.3 is 0 Å². The highest BCUT2D eigenvalue weighted by Crippen LogP contribution is 2.94. The molecular formula is C69H92O7. The van der Waals surface area contributed by atoms with Gasteiger partial charge in [-0.05, 0) is 166 Å². The van der Waals surface area contributed by atoms with Gasteiger partial charge in [-0.25, -0.2) is 0 Å². The monoisotopic (exact) mass is 1030 g/mol. The Morgan fingerprint density at radius 1 is 0.421 bits per heavy atom. The number of hydrogen-bond acceptors (Lipinski definition) is 7. The van der Waals surface area contributed by atoms with E-state index in [0.29, 0.717) is 51.5 Å². The Morgan fingerprint density at radius 2 is 0.737 bits per heavy atom. The lowest BCUT2D eigenvalue weighted by Gasteiger charge is -2.48. The lowest BCUT2D eigenvalue weighted by atomic mass is 9.54. The predicted molar refractivity (Wildman–Crippen MR) is 304 cm³/mol. The van der Waals surface area contributed by atoms with E-state index >= 15 is 0 Å². The summed E-state index contributed by atoms with van der Waals surface area (Å²) in [5, 5.41) is 0. The van der Waals surface area contributed by atoms with Crippen LogP contribution < -0.4 is 9.47 Å². The van der Waals surface area contributed by atoms with E-state index in [0.717, 1.165) is 112 Å². The third-order valence-corrected chi connectivity index (χ3v) is 20.8. The number of ether oxygens (including phenoxy) is 7. The van der Waals surface area contributed by atoms with Gasteiger partial charge in [0.25, 0.3) is 0 Å². The Balaban J connectivity index is 1.10. The molecule has 2 spiro atoms. The smallest absolute Gasteiger partial charge is 0.126 e. The van der Waals surface area contributed by atoms with Crippen molar-refractivity contribution in [2.24, 2.45) is 47.3 Å². The molecule has 6 aliphatic carbocycles. The van der Waals surface area contributed by atoms with Crippen LogP contribution in [-0.2, 0) is 83.9 Å². The van der Waals surface area contributed by atoms with Crippen LogP contribution in [0.25, 0.3) is 0 Å². The molecule has 0 amide bonds. The topological polar surface area (TPSA) is 64.6 Å². The van der Waals surface area contributed by atoms with E-state index in [9.17, 15) is 0 Å². The second-order valence-corrected chi connectivity index (χ2v) is 29.2. The van der Waals surface area contributed by atoms with Crippen LogP contribution in [-0.4, -0.2) is 78.3 Å². The molecule has 2 saturated heterocycles. The first-order chi connectivity index (χ1) is 36.1. The lowest BCUT2D eigenvalue weighted by Crippen LogP contribution is -2.52. The van der Waals surface area contributed by atoms with Crippen LogP contribution in [0.5, 0.6) is 11.5 Å². The van der Waals surface area contributed by atoms with Gasteiger partial charge in [0.05, 0.1) is 37.6 Å². The molecule has 7 fully saturated rings. The summed E-state index contributed by atoms with van der Waals surface area (Å²) < 4.78 is 47.5. The molecule has 14 rings (SSSR count). The van der Waals surface area contributed by atoms with Crippen molar-refractivity contribution in [2.75, 3.05) is 67.1 Å². The first kappa shape index (κ1) is 53.0.